The molecule has 3 aliphatic rings. The van der Waals surface area contributed by atoms with Gasteiger partial charge >= 0.3 is 5.97 Å². The van der Waals surface area contributed by atoms with Crippen molar-refractivity contribution in [2.45, 2.75) is 57.8 Å². The fourth-order valence-corrected chi connectivity index (χ4v) is 5.75. The predicted octanol–water partition coefficient (Wildman–Crippen LogP) is 6.01. The van der Waals surface area contributed by atoms with Crippen LogP contribution in [0.15, 0.2) is 48.1 Å². The van der Waals surface area contributed by atoms with Crippen molar-refractivity contribution >= 4 is 11.7 Å². The SMILES string of the molecule is C=CC(CCC1=C(CN2CCN(c3ccc(C(=O)O)cc3)CC2)CCC2(CCC2)C1)C(F)F. The van der Waals surface area contributed by atoms with E-state index in [-0.39, 0.29) is 0 Å². The van der Waals surface area contributed by atoms with Crippen LogP contribution in [0.3, 0.4) is 0 Å². The van der Waals surface area contributed by atoms with Gasteiger partial charge in [0.25, 0.3) is 0 Å². The van der Waals surface area contributed by atoms with E-state index in [0.717, 1.165) is 57.7 Å². The first-order valence-corrected chi connectivity index (χ1v) is 12.3. The summed E-state index contributed by atoms with van der Waals surface area (Å²) in [5, 5.41) is 9.09. The van der Waals surface area contributed by atoms with Gasteiger partial charge in [-0.3, -0.25) is 4.90 Å². The molecule has 2 aliphatic carbocycles. The molecule has 1 spiro atoms. The van der Waals surface area contributed by atoms with Gasteiger partial charge in [0, 0.05) is 44.3 Å². The lowest BCUT2D eigenvalue weighted by Gasteiger charge is -2.47. The molecule has 33 heavy (non-hydrogen) atoms. The minimum absolute atomic E-state index is 0.309. The van der Waals surface area contributed by atoms with Crippen LogP contribution in [-0.4, -0.2) is 55.1 Å². The summed E-state index contributed by atoms with van der Waals surface area (Å²) in [7, 11) is 0. The van der Waals surface area contributed by atoms with E-state index in [1.165, 1.54) is 42.9 Å². The van der Waals surface area contributed by atoms with Crippen molar-refractivity contribution in [3.8, 4) is 0 Å². The molecule has 1 heterocycles. The molecule has 1 atom stereocenters. The second-order valence-corrected chi connectivity index (χ2v) is 10.1. The average Bonchev–Trinajstić information content (AvgIpc) is 2.79. The summed E-state index contributed by atoms with van der Waals surface area (Å²) in [6.45, 7) is 8.29. The van der Waals surface area contributed by atoms with Crippen LogP contribution in [0.4, 0.5) is 14.5 Å². The van der Waals surface area contributed by atoms with Gasteiger partial charge in [-0.25, -0.2) is 13.6 Å². The van der Waals surface area contributed by atoms with Crippen LogP contribution in [0.25, 0.3) is 0 Å². The Bertz CT molecular complexity index is 869. The predicted molar refractivity (Wildman–Crippen MR) is 128 cm³/mol. The average molecular weight is 459 g/mol. The first-order chi connectivity index (χ1) is 15.9. The van der Waals surface area contributed by atoms with Gasteiger partial charge in [-0.1, -0.05) is 23.6 Å². The van der Waals surface area contributed by atoms with Crippen LogP contribution in [0, 0.1) is 11.3 Å². The van der Waals surface area contributed by atoms with E-state index in [1.54, 1.807) is 12.1 Å². The van der Waals surface area contributed by atoms with Crippen molar-refractivity contribution in [3.63, 3.8) is 0 Å². The zero-order valence-corrected chi connectivity index (χ0v) is 19.4. The lowest BCUT2D eigenvalue weighted by Crippen LogP contribution is -2.47. The molecule has 0 bridgehead atoms. The summed E-state index contributed by atoms with van der Waals surface area (Å²) in [5.41, 5.74) is 4.76. The smallest absolute Gasteiger partial charge is 0.335 e. The number of carbonyl (C=O) groups is 1. The van der Waals surface area contributed by atoms with Crippen molar-refractivity contribution < 1.29 is 18.7 Å². The van der Waals surface area contributed by atoms with Crippen LogP contribution in [0.2, 0.25) is 0 Å². The number of halogens is 2. The molecule has 4 nitrogen and oxygen atoms in total. The Morgan fingerprint density at radius 1 is 1.09 bits per heavy atom. The Hall–Kier alpha value is -2.21. The fraction of sp³-hybridized carbons (Fsp3) is 0.593. The largest absolute Gasteiger partial charge is 0.478 e. The number of benzene rings is 1. The number of aromatic carboxylic acids is 1. The Kier molecular flexibility index (Phi) is 7.52. The van der Waals surface area contributed by atoms with Crippen molar-refractivity contribution in [2.75, 3.05) is 37.6 Å². The van der Waals surface area contributed by atoms with Crippen LogP contribution < -0.4 is 4.90 Å². The quantitative estimate of drug-likeness (QED) is 0.461. The molecule has 1 aromatic rings. The van der Waals surface area contributed by atoms with E-state index >= 15 is 0 Å². The standard InChI is InChI=1S/C27H36F2N2O2/c1-2-20(25(28)29)4-5-22-18-27(11-3-12-27)13-10-23(22)19-30-14-16-31(17-15-30)24-8-6-21(7-9-24)26(32)33/h2,6-9,20,25H,1,3-5,10-19H2,(H,32,33). The third-order valence-corrected chi connectivity index (χ3v) is 8.13. The number of anilines is 1. The maximum Gasteiger partial charge on any atom is 0.335 e. The second kappa shape index (κ2) is 10.4. The van der Waals surface area contributed by atoms with E-state index < -0.39 is 18.3 Å². The van der Waals surface area contributed by atoms with E-state index in [2.05, 4.69) is 16.4 Å². The van der Waals surface area contributed by atoms with Gasteiger partial charge in [-0.05, 0) is 74.6 Å². The molecular weight excluding hydrogens is 422 g/mol. The number of allylic oxidation sites excluding steroid dienone is 2. The van der Waals surface area contributed by atoms with Crippen LogP contribution in [0.5, 0.6) is 0 Å². The number of alkyl halides is 2. The highest BCUT2D eigenvalue weighted by molar-refractivity contribution is 5.88. The lowest BCUT2D eigenvalue weighted by molar-refractivity contribution is 0.0696. The summed E-state index contributed by atoms with van der Waals surface area (Å²) in [5.74, 6) is -1.62. The maximum atomic E-state index is 13.3. The zero-order valence-electron chi connectivity index (χ0n) is 19.4. The number of carboxylic acids is 1. The third-order valence-electron chi connectivity index (χ3n) is 8.13. The molecule has 6 heteroatoms. The Balaban J connectivity index is 1.37. The number of piperazine rings is 1. The molecule has 0 radical (unpaired) electrons. The third kappa shape index (κ3) is 5.65. The molecule has 0 amide bonds. The number of rotatable bonds is 9. The molecule has 4 rings (SSSR count). The second-order valence-electron chi connectivity index (χ2n) is 10.1. The maximum absolute atomic E-state index is 13.3. The van der Waals surface area contributed by atoms with E-state index in [9.17, 15) is 13.6 Å². The highest BCUT2D eigenvalue weighted by atomic mass is 19.3. The minimum Gasteiger partial charge on any atom is -0.478 e. The normalized spacial score (nSPS) is 21.8. The number of hydrogen-bond donors (Lipinski definition) is 1. The molecule has 1 saturated heterocycles. The molecule has 0 aromatic heterocycles. The van der Waals surface area contributed by atoms with Crippen molar-refractivity contribution in [3.05, 3.63) is 53.6 Å². The summed E-state index contributed by atoms with van der Waals surface area (Å²) >= 11 is 0. The summed E-state index contributed by atoms with van der Waals surface area (Å²) in [6, 6.07) is 7.10. The van der Waals surface area contributed by atoms with Crippen molar-refractivity contribution in [2.24, 2.45) is 11.3 Å². The van der Waals surface area contributed by atoms with Gasteiger partial charge < -0.3 is 10.0 Å². The summed E-state index contributed by atoms with van der Waals surface area (Å²) in [6.07, 6.45) is 7.73. The fourth-order valence-electron chi connectivity index (χ4n) is 5.75. The number of nitrogens with zero attached hydrogens (tertiary/aromatic N) is 2. The van der Waals surface area contributed by atoms with Crippen LogP contribution >= 0.6 is 0 Å². The van der Waals surface area contributed by atoms with E-state index in [1.807, 2.05) is 12.1 Å². The topological polar surface area (TPSA) is 43.8 Å². The Labute approximate surface area is 196 Å². The van der Waals surface area contributed by atoms with Crippen LogP contribution in [0.1, 0.15) is 61.7 Å². The highest BCUT2D eigenvalue weighted by Crippen LogP contribution is 2.54. The van der Waals surface area contributed by atoms with Gasteiger partial charge in [0.15, 0.2) is 0 Å². The number of hydrogen-bond acceptors (Lipinski definition) is 3. The van der Waals surface area contributed by atoms with Crippen molar-refractivity contribution in [1.82, 2.24) is 4.90 Å². The van der Waals surface area contributed by atoms with Gasteiger partial charge in [0.1, 0.15) is 0 Å². The van der Waals surface area contributed by atoms with Gasteiger partial charge in [0.05, 0.1) is 5.56 Å². The molecule has 1 unspecified atom stereocenters. The summed E-state index contributed by atoms with van der Waals surface area (Å²) in [4.78, 5) is 15.9. The minimum atomic E-state index is -2.33. The monoisotopic (exact) mass is 458 g/mol. The first-order valence-electron chi connectivity index (χ1n) is 12.3. The van der Waals surface area contributed by atoms with Gasteiger partial charge in [0.2, 0.25) is 6.43 Å². The molecule has 1 saturated carbocycles. The Morgan fingerprint density at radius 3 is 2.33 bits per heavy atom. The van der Waals surface area contributed by atoms with Crippen molar-refractivity contribution in [1.29, 1.82) is 0 Å². The zero-order chi connectivity index (χ0) is 23.4. The van der Waals surface area contributed by atoms with E-state index in [0.29, 0.717) is 17.4 Å². The van der Waals surface area contributed by atoms with Gasteiger partial charge in [-0.2, -0.15) is 0 Å². The Morgan fingerprint density at radius 2 is 1.79 bits per heavy atom. The lowest BCUT2D eigenvalue weighted by atomic mass is 9.59. The molecule has 1 aromatic carbocycles. The van der Waals surface area contributed by atoms with Gasteiger partial charge in [-0.15, -0.1) is 6.58 Å². The highest BCUT2D eigenvalue weighted by Gasteiger charge is 2.40. The first kappa shape index (κ1) is 23.9. The van der Waals surface area contributed by atoms with E-state index in [4.69, 9.17) is 5.11 Å². The van der Waals surface area contributed by atoms with Crippen LogP contribution in [-0.2, 0) is 0 Å². The molecule has 2 fully saturated rings. The number of carboxylic acid groups (broad SMARTS) is 1. The molecular formula is C27H36F2N2O2. The molecule has 180 valence electrons. The molecule has 1 aliphatic heterocycles. The molecule has 1 N–H and O–H groups in total. The summed E-state index contributed by atoms with van der Waals surface area (Å²) < 4.78 is 26.5.